The molecule has 0 saturated carbocycles. The van der Waals surface area contributed by atoms with Gasteiger partial charge in [0.05, 0.1) is 16.8 Å². The number of ketones is 1. The number of halogens is 2. The van der Waals surface area contributed by atoms with Crippen LogP contribution in [0.1, 0.15) is 29.3 Å². The molecular weight excluding hydrogens is 454 g/mol. The van der Waals surface area contributed by atoms with Gasteiger partial charge in [-0.05, 0) is 42.3 Å². The molecule has 3 aromatic heterocycles. The van der Waals surface area contributed by atoms with Crippen LogP contribution in [0.3, 0.4) is 0 Å². The number of hydrogen-bond donors (Lipinski definition) is 2. The zero-order valence-corrected chi connectivity index (χ0v) is 19.0. The summed E-state index contributed by atoms with van der Waals surface area (Å²) in [5.74, 6) is -1.81. The molecule has 8 heteroatoms. The molecule has 2 N–H and O–H groups in total. The number of pyridine rings is 2. The number of nitrogens with one attached hydrogen (secondary N) is 2. The topological polar surface area (TPSA) is 70.7 Å². The van der Waals surface area contributed by atoms with Crippen molar-refractivity contribution in [2.24, 2.45) is 0 Å². The summed E-state index contributed by atoms with van der Waals surface area (Å²) in [5.41, 5.74) is 2.56. The van der Waals surface area contributed by atoms with Gasteiger partial charge in [-0.15, -0.1) is 0 Å². The van der Waals surface area contributed by atoms with Gasteiger partial charge in [0.25, 0.3) is 0 Å². The highest BCUT2D eigenvalue weighted by atomic mass is 32.2. The molecule has 3 heterocycles. The first kappa shape index (κ1) is 22.0. The summed E-state index contributed by atoms with van der Waals surface area (Å²) in [6, 6.07) is 13.9. The molecule has 5 aromatic rings. The van der Waals surface area contributed by atoms with Crippen LogP contribution in [0.2, 0.25) is 0 Å². The second-order valence-corrected chi connectivity index (χ2v) is 8.70. The summed E-state index contributed by atoms with van der Waals surface area (Å²) in [7, 11) is 0. The zero-order valence-electron chi connectivity index (χ0n) is 18.2. The minimum atomic E-state index is -0.910. The summed E-state index contributed by atoms with van der Waals surface area (Å²) in [6.45, 7) is 2.00. The predicted octanol–water partition coefficient (Wildman–Crippen LogP) is 6.76. The zero-order chi connectivity index (χ0) is 23.7. The van der Waals surface area contributed by atoms with E-state index in [0.717, 1.165) is 40.3 Å². The van der Waals surface area contributed by atoms with Gasteiger partial charge < -0.3 is 9.71 Å². The van der Waals surface area contributed by atoms with Gasteiger partial charge in [-0.1, -0.05) is 37.1 Å². The lowest BCUT2D eigenvalue weighted by Crippen LogP contribution is -2.09. The quantitative estimate of drug-likeness (QED) is 0.155. The average Bonchev–Trinajstić information content (AvgIpc) is 3.28. The number of rotatable bonds is 7. The number of aromatic amines is 1. The molecule has 0 spiro atoms. The van der Waals surface area contributed by atoms with Crippen molar-refractivity contribution in [1.29, 1.82) is 0 Å². The number of H-pyrrole nitrogens is 1. The van der Waals surface area contributed by atoms with Gasteiger partial charge in [0.15, 0.2) is 5.82 Å². The molecule has 0 fully saturated rings. The predicted molar refractivity (Wildman–Crippen MR) is 133 cm³/mol. The summed E-state index contributed by atoms with van der Waals surface area (Å²) in [6.07, 6.45) is 5.75. The molecule has 0 atom stereocenters. The van der Waals surface area contributed by atoms with Crippen LogP contribution in [0.5, 0.6) is 0 Å². The molecule has 34 heavy (non-hydrogen) atoms. The number of aromatic nitrogens is 3. The number of fused-ring (bicyclic) bond motifs is 2. The van der Waals surface area contributed by atoms with E-state index in [-0.39, 0.29) is 11.3 Å². The number of anilines is 1. The van der Waals surface area contributed by atoms with Gasteiger partial charge in [0.1, 0.15) is 11.5 Å². The summed E-state index contributed by atoms with van der Waals surface area (Å²) >= 11 is 1.30. The van der Waals surface area contributed by atoms with Crippen molar-refractivity contribution in [3.8, 4) is 11.1 Å². The van der Waals surface area contributed by atoms with Crippen LogP contribution in [-0.2, 0) is 0 Å². The normalized spacial score (nSPS) is 11.3. The van der Waals surface area contributed by atoms with Crippen LogP contribution in [-0.4, -0.2) is 26.5 Å². The minimum absolute atomic E-state index is 0.0746. The maximum absolute atomic E-state index is 15.1. The Morgan fingerprint density at radius 1 is 1.09 bits per heavy atom. The van der Waals surface area contributed by atoms with E-state index in [0.29, 0.717) is 11.0 Å². The second-order valence-electron chi connectivity index (χ2n) is 7.80. The number of hydrogen-bond acceptors (Lipinski definition) is 5. The smallest absolute Gasteiger partial charge is 0.201 e. The van der Waals surface area contributed by atoms with Crippen molar-refractivity contribution in [3.05, 3.63) is 89.9 Å². The van der Waals surface area contributed by atoms with Gasteiger partial charge in [-0.25, -0.2) is 13.8 Å². The van der Waals surface area contributed by atoms with E-state index in [1.165, 1.54) is 24.2 Å². The van der Waals surface area contributed by atoms with Crippen LogP contribution in [0.4, 0.5) is 14.5 Å². The summed E-state index contributed by atoms with van der Waals surface area (Å²) in [5, 5.41) is 1.50. The maximum atomic E-state index is 15.1. The van der Waals surface area contributed by atoms with Gasteiger partial charge in [-0.2, -0.15) is 0 Å². The minimum Gasteiger partial charge on any atom is -0.345 e. The molecule has 0 bridgehead atoms. The fraction of sp³-hybridized carbons (Fsp3) is 0.115. The second kappa shape index (κ2) is 9.23. The molecule has 0 aliphatic rings. The molecule has 0 aliphatic carbocycles. The van der Waals surface area contributed by atoms with E-state index in [2.05, 4.69) is 19.7 Å². The van der Waals surface area contributed by atoms with Crippen LogP contribution in [0, 0.1) is 11.6 Å². The third kappa shape index (κ3) is 4.01. The Bertz CT molecular complexity index is 1530. The number of carbonyl (C=O) groups excluding carboxylic acids is 1. The molecule has 5 nitrogen and oxygen atoms in total. The Balaban J connectivity index is 1.55. The Morgan fingerprint density at radius 3 is 2.82 bits per heavy atom. The number of benzene rings is 2. The van der Waals surface area contributed by atoms with E-state index in [9.17, 15) is 9.18 Å². The first-order valence-electron chi connectivity index (χ1n) is 10.8. The maximum Gasteiger partial charge on any atom is 0.201 e. The molecule has 0 radical (unpaired) electrons. The summed E-state index contributed by atoms with van der Waals surface area (Å²) < 4.78 is 32.6. The van der Waals surface area contributed by atoms with Gasteiger partial charge >= 0.3 is 0 Å². The Labute approximate surface area is 198 Å². The van der Waals surface area contributed by atoms with E-state index in [1.54, 1.807) is 18.5 Å². The molecule has 5 rings (SSSR count). The van der Waals surface area contributed by atoms with Crippen LogP contribution in [0.25, 0.3) is 33.1 Å². The Hall–Kier alpha value is -3.78. The van der Waals surface area contributed by atoms with Crippen LogP contribution in [0.15, 0.2) is 67.1 Å². The highest BCUT2D eigenvalue weighted by Crippen LogP contribution is 2.30. The van der Waals surface area contributed by atoms with E-state index < -0.39 is 23.0 Å². The first-order valence-corrected chi connectivity index (χ1v) is 11.8. The van der Waals surface area contributed by atoms with E-state index in [1.807, 2.05) is 37.3 Å². The molecule has 0 aliphatic heterocycles. The van der Waals surface area contributed by atoms with Crippen molar-refractivity contribution >= 4 is 45.4 Å². The molecule has 0 amide bonds. The average molecular weight is 475 g/mol. The van der Waals surface area contributed by atoms with Crippen molar-refractivity contribution in [1.82, 2.24) is 15.0 Å². The van der Waals surface area contributed by atoms with Crippen LogP contribution >= 0.6 is 11.9 Å². The lowest BCUT2D eigenvalue weighted by Gasteiger charge is -2.10. The van der Waals surface area contributed by atoms with Gasteiger partial charge in [0, 0.05) is 46.2 Å². The fourth-order valence-electron chi connectivity index (χ4n) is 3.80. The molecule has 170 valence electrons. The number of nitrogens with zero attached hydrogens (tertiary/aromatic N) is 2. The van der Waals surface area contributed by atoms with Crippen LogP contribution < -0.4 is 4.72 Å². The highest BCUT2D eigenvalue weighted by molar-refractivity contribution is 8.00. The molecule has 2 aromatic carbocycles. The first-order chi connectivity index (χ1) is 16.6. The van der Waals surface area contributed by atoms with Gasteiger partial charge in [0.2, 0.25) is 5.78 Å². The van der Waals surface area contributed by atoms with Crippen molar-refractivity contribution < 1.29 is 13.6 Å². The molecule has 0 saturated heterocycles. The lowest BCUT2D eigenvalue weighted by atomic mass is 9.99. The van der Waals surface area contributed by atoms with E-state index >= 15 is 4.39 Å². The summed E-state index contributed by atoms with van der Waals surface area (Å²) in [4.78, 5) is 25.0. The molecule has 0 unspecified atom stereocenters. The Morgan fingerprint density at radius 2 is 1.97 bits per heavy atom. The fourth-order valence-corrected chi connectivity index (χ4v) is 4.42. The lowest BCUT2D eigenvalue weighted by molar-refractivity contribution is 0.103. The SMILES string of the molecule is CCCSNc1ccc(F)c(C(=O)c2c[nH]c3ncc(-c4ccc5cccnc5c4)cc23)c1F. The highest BCUT2D eigenvalue weighted by Gasteiger charge is 2.24. The van der Waals surface area contributed by atoms with Crippen molar-refractivity contribution in [2.75, 3.05) is 10.5 Å². The third-order valence-corrected chi connectivity index (χ3v) is 6.50. The van der Waals surface area contributed by atoms with Crippen molar-refractivity contribution in [2.45, 2.75) is 13.3 Å². The number of carbonyl (C=O) groups is 1. The van der Waals surface area contributed by atoms with E-state index in [4.69, 9.17) is 0 Å². The monoisotopic (exact) mass is 474 g/mol. The standard InChI is InChI=1S/C26H20F2N4OS/c1-2-10-34-32-21-8-7-20(27)23(24(21)28)25(33)19-14-31-26-18(19)11-17(13-30-26)16-6-5-15-4-3-9-29-22(15)12-16/h3-9,11-14,32H,2,10H2,1H3,(H,30,31). The van der Waals surface area contributed by atoms with Crippen molar-refractivity contribution in [3.63, 3.8) is 0 Å². The molecular formula is C26H20F2N4OS. The largest absolute Gasteiger partial charge is 0.345 e. The Kier molecular flexibility index (Phi) is 5.98. The van der Waals surface area contributed by atoms with Gasteiger partial charge in [-0.3, -0.25) is 9.78 Å². The third-order valence-electron chi connectivity index (χ3n) is 5.52.